The maximum atomic E-state index is 11.5. The molecule has 1 aromatic carbocycles. The van der Waals surface area contributed by atoms with E-state index in [-0.39, 0.29) is 6.61 Å². The number of hydrogen-bond donors (Lipinski definition) is 0. The third-order valence-electron chi connectivity index (χ3n) is 2.24. The minimum absolute atomic E-state index is 0.263. The fourth-order valence-corrected chi connectivity index (χ4v) is 1.23. The van der Waals surface area contributed by atoms with Gasteiger partial charge in [-0.1, -0.05) is 26.0 Å². The van der Waals surface area contributed by atoms with Crippen molar-refractivity contribution in [1.82, 2.24) is 0 Å². The molecule has 1 rings (SSSR count). The van der Waals surface area contributed by atoms with Crippen LogP contribution in [0.5, 0.6) is 0 Å². The quantitative estimate of drug-likeness (QED) is 0.433. The Balaban J connectivity index is 2.46. The summed E-state index contributed by atoms with van der Waals surface area (Å²) >= 11 is 0. The minimum Gasteiger partial charge on any atom is -0.382 e. The van der Waals surface area contributed by atoms with Crippen molar-refractivity contribution in [2.24, 2.45) is 0 Å². The van der Waals surface area contributed by atoms with Crippen LogP contribution in [0.25, 0.3) is 0 Å². The lowest BCUT2D eigenvalue weighted by molar-refractivity contribution is -0.217. The summed E-state index contributed by atoms with van der Waals surface area (Å²) in [7, 11) is 1.52. The summed E-state index contributed by atoms with van der Waals surface area (Å²) in [6, 6.07) is 7.24. The van der Waals surface area contributed by atoms with Gasteiger partial charge in [0.15, 0.2) is 6.61 Å². The van der Waals surface area contributed by atoms with Gasteiger partial charge in [-0.15, -0.1) is 0 Å². The first-order chi connectivity index (χ1) is 8.15. The predicted molar refractivity (Wildman–Crippen MR) is 63.2 cm³/mol. The Morgan fingerprint density at radius 2 is 1.94 bits per heavy atom. The Labute approximate surface area is 101 Å². The fourth-order valence-electron chi connectivity index (χ4n) is 1.23. The molecule has 0 amide bonds. The van der Waals surface area contributed by atoms with Crippen molar-refractivity contribution in [3.63, 3.8) is 0 Å². The van der Waals surface area contributed by atoms with E-state index in [0.29, 0.717) is 11.5 Å². The first kappa shape index (κ1) is 13.7. The highest BCUT2D eigenvalue weighted by Gasteiger charge is 2.08. The predicted octanol–water partition coefficient (Wildman–Crippen LogP) is 2.71. The third kappa shape index (κ3) is 4.54. The molecule has 4 nitrogen and oxygen atoms in total. The molecule has 17 heavy (non-hydrogen) atoms. The number of ether oxygens (including phenoxy) is 1. The maximum absolute atomic E-state index is 11.5. The zero-order chi connectivity index (χ0) is 12.7. The molecule has 0 aromatic heterocycles. The highest BCUT2D eigenvalue weighted by Crippen LogP contribution is 2.15. The lowest BCUT2D eigenvalue weighted by atomic mass is 10.0. The largest absolute Gasteiger partial charge is 0.382 e. The van der Waals surface area contributed by atoms with Crippen molar-refractivity contribution in [3.05, 3.63) is 42.0 Å². The van der Waals surface area contributed by atoms with Gasteiger partial charge in [-0.05, 0) is 23.6 Å². The molecule has 0 saturated heterocycles. The molecule has 0 spiro atoms. The van der Waals surface area contributed by atoms with Crippen LogP contribution in [0, 0.1) is 6.61 Å². The second kappa shape index (κ2) is 7.04. The smallest absolute Gasteiger partial charge is 0.373 e. The van der Waals surface area contributed by atoms with E-state index in [4.69, 9.17) is 4.74 Å². The number of benzene rings is 1. The van der Waals surface area contributed by atoms with Crippen molar-refractivity contribution < 1.29 is 19.3 Å². The topological polar surface area (TPSA) is 44.8 Å². The van der Waals surface area contributed by atoms with Crippen LogP contribution >= 0.6 is 0 Å². The highest BCUT2D eigenvalue weighted by molar-refractivity contribution is 5.88. The molecule has 1 radical (unpaired) electrons. The third-order valence-corrected chi connectivity index (χ3v) is 2.24. The van der Waals surface area contributed by atoms with Gasteiger partial charge in [-0.25, -0.2) is 4.79 Å². The molecular formula is C13H17O4. The van der Waals surface area contributed by atoms with E-state index < -0.39 is 5.97 Å². The molecule has 0 aliphatic carbocycles. The van der Waals surface area contributed by atoms with Gasteiger partial charge in [0.2, 0.25) is 0 Å². The number of methoxy groups -OCH3 is 1. The molecule has 0 atom stereocenters. The van der Waals surface area contributed by atoms with Gasteiger partial charge in [0.05, 0.1) is 12.2 Å². The van der Waals surface area contributed by atoms with E-state index >= 15 is 0 Å². The van der Waals surface area contributed by atoms with Gasteiger partial charge in [-0.2, -0.15) is 4.89 Å². The summed E-state index contributed by atoms with van der Waals surface area (Å²) in [6.07, 6.45) is 0. The number of rotatable bonds is 6. The average Bonchev–Trinajstić information content (AvgIpc) is 2.34. The summed E-state index contributed by atoms with van der Waals surface area (Å²) in [5.74, 6) is -0.0842. The lowest BCUT2D eigenvalue weighted by Crippen LogP contribution is -2.06. The molecule has 0 bridgehead atoms. The molecule has 93 valence electrons. The van der Waals surface area contributed by atoms with Gasteiger partial charge in [0.1, 0.15) is 0 Å². The molecule has 0 fully saturated rings. The molecule has 0 saturated carbocycles. The van der Waals surface area contributed by atoms with Crippen molar-refractivity contribution in [2.75, 3.05) is 13.7 Å². The van der Waals surface area contributed by atoms with Crippen molar-refractivity contribution in [3.8, 4) is 0 Å². The monoisotopic (exact) mass is 237 g/mol. The summed E-state index contributed by atoms with van der Waals surface area (Å²) in [4.78, 5) is 20.6. The number of carbonyl (C=O) groups is 1. The van der Waals surface area contributed by atoms with E-state index in [1.54, 1.807) is 12.1 Å². The van der Waals surface area contributed by atoms with Crippen LogP contribution in [0.15, 0.2) is 24.3 Å². The Morgan fingerprint density at radius 1 is 1.29 bits per heavy atom. The van der Waals surface area contributed by atoms with Crippen LogP contribution in [-0.2, 0) is 14.5 Å². The summed E-state index contributed by atoms with van der Waals surface area (Å²) < 4.78 is 4.70. The molecule has 0 aliphatic rings. The van der Waals surface area contributed by atoms with Crippen LogP contribution in [0.3, 0.4) is 0 Å². The summed E-state index contributed by atoms with van der Waals surface area (Å²) in [5.41, 5.74) is 1.63. The molecule has 1 aromatic rings. The Kier molecular flexibility index (Phi) is 5.66. The van der Waals surface area contributed by atoms with Crippen LogP contribution in [0.1, 0.15) is 35.7 Å². The zero-order valence-electron chi connectivity index (χ0n) is 10.3. The normalized spacial score (nSPS) is 10.6. The Morgan fingerprint density at radius 3 is 2.47 bits per heavy atom. The highest BCUT2D eigenvalue weighted by atomic mass is 17.2. The SMILES string of the molecule is COC[CH]OOC(=O)c1ccc(C(C)C)cc1. The van der Waals surface area contributed by atoms with Gasteiger partial charge < -0.3 is 4.74 Å². The maximum Gasteiger partial charge on any atom is 0.373 e. The summed E-state index contributed by atoms with van der Waals surface area (Å²) in [5, 5.41) is 0. The lowest BCUT2D eigenvalue weighted by Gasteiger charge is -2.06. The minimum atomic E-state index is -0.521. The van der Waals surface area contributed by atoms with Crippen LogP contribution < -0.4 is 0 Å². The second-order valence-electron chi connectivity index (χ2n) is 3.87. The van der Waals surface area contributed by atoms with Crippen molar-refractivity contribution in [2.45, 2.75) is 19.8 Å². The van der Waals surface area contributed by atoms with E-state index in [1.165, 1.54) is 19.3 Å². The fraction of sp³-hybridized carbons (Fsp3) is 0.385. The van der Waals surface area contributed by atoms with Crippen LogP contribution in [0.2, 0.25) is 0 Å². The van der Waals surface area contributed by atoms with Crippen molar-refractivity contribution in [1.29, 1.82) is 0 Å². The zero-order valence-corrected chi connectivity index (χ0v) is 10.3. The van der Waals surface area contributed by atoms with E-state index in [9.17, 15) is 4.79 Å². The first-order valence-corrected chi connectivity index (χ1v) is 5.43. The molecule has 0 aliphatic heterocycles. The van der Waals surface area contributed by atoms with E-state index in [2.05, 4.69) is 23.6 Å². The molecular weight excluding hydrogens is 220 g/mol. The average molecular weight is 237 g/mol. The number of hydrogen-bond acceptors (Lipinski definition) is 4. The van der Waals surface area contributed by atoms with E-state index in [0.717, 1.165) is 0 Å². The van der Waals surface area contributed by atoms with Gasteiger partial charge in [0, 0.05) is 7.11 Å². The van der Waals surface area contributed by atoms with Gasteiger partial charge >= 0.3 is 5.97 Å². The molecule has 0 heterocycles. The first-order valence-electron chi connectivity index (χ1n) is 5.43. The van der Waals surface area contributed by atoms with E-state index in [1.807, 2.05) is 12.1 Å². The molecule has 0 N–H and O–H groups in total. The molecule has 4 heteroatoms. The standard InChI is InChI=1S/C13H17O4/c1-10(2)11-4-6-12(7-5-11)13(14)17-16-9-8-15-3/h4-7,9-10H,8H2,1-3H3. The molecule has 0 unspecified atom stereocenters. The van der Waals surface area contributed by atoms with Crippen molar-refractivity contribution >= 4 is 5.97 Å². The van der Waals surface area contributed by atoms with Gasteiger partial charge in [-0.3, -0.25) is 4.89 Å². The Bertz CT molecular complexity index is 343. The van der Waals surface area contributed by atoms with Crippen LogP contribution in [0.4, 0.5) is 0 Å². The van der Waals surface area contributed by atoms with Crippen LogP contribution in [-0.4, -0.2) is 19.7 Å². The van der Waals surface area contributed by atoms with Gasteiger partial charge in [0.25, 0.3) is 0 Å². The number of carbonyl (C=O) groups excluding carboxylic acids is 1. The summed E-state index contributed by atoms with van der Waals surface area (Å²) in [6.45, 7) is 5.71. The second-order valence-corrected chi connectivity index (χ2v) is 3.87. The Hall–Kier alpha value is -1.39.